The highest BCUT2D eigenvalue weighted by Crippen LogP contribution is 2.21. The predicted octanol–water partition coefficient (Wildman–Crippen LogP) is 1.77. The fraction of sp³-hybridized carbons (Fsp3) is 0.933. The van der Waals surface area contributed by atoms with Gasteiger partial charge in [0.25, 0.3) is 0 Å². The molecular weight excluding hydrogens is 240 g/mol. The molecule has 1 saturated heterocycles. The predicted molar refractivity (Wildman–Crippen MR) is 78.0 cm³/mol. The van der Waals surface area contributed by atoms with E-state index in [1.54, 1.807) is 0 Å². The number of hydrogen-bond acceptors (Lipinski definition) is 3. The van der Waals surface area contributed by atoms with E-state index in [9.17, 15) is 4.79 Å². The third-order valence-electron chi connectivity index (χ3n) is 4.13. The lowest BCUT2D eigenvalue weighted by molar-refractivity contribution is -0.127. The molecule has 0 aromatic heterocycles. The Balaban J connectivity index is 2.42. The normalized spacial score (nSPS) is 23.9. The van der Waals surface area contributed by atoms with Crippen molar-refractivity contribution in [2.75, 3.05) is 19.7 Å². The summed E-state index contributed by atoms with van der Waals surface area (Å²) in [4.78, 5) is 14.5. The molecule has 1 aliphatic rings. The first-order valence-corrected chi connectivity index (χ1v) is 7.73. The second-order valence-corrected chi connectivity index (χ2v) is 5.89. The second kappa shape index (κ2) is 8.54. The van der Waals surface area contributed by atoms with Crippen LogP contribution in [0.25, 0.3) is 0 Å². The Bertz CT molecular complexity index is 269. The number of nitrogens with one attached hydrogen (secondary N) is 1. The first kappa shape index (κ1) is 16.4. The van der Waals surface area contributed by atoms with Gasteiger partial charge in [0.1, 0.15) is 0 Å². The molecule has 3 unspecified atom stereocenters. The zero-order valence-electron chi connectivity index (χ0n) is 12.7. The van der Waals surface area contributed by atoms with Gasteiger partial charge in [0.05, 0.1) is 6.04 Å². The first-order valence-electron chi connectivity index (χ1n) is 7.73. The molecule has 112 valence electrons. The van der Waals surface area contributed by atoms with E-state index in [1.165, 1.54) is 6.42 Å². The number of carbonyl (C=O) groups is 1. The molecule has 0 bridgehead atoms. The van der Waals surface area contributed by atoms with Crippen molar-refractivity contribution in [1.29, 1.82) is 0 Å². The highest BCUT2D eigenvalue weighted by molar-refractivity contribution is 5.81. The molecule has 1 rings (SSSR count). The monoisotopic (exact) mass is 270 g/mol. The maximum absolute atomic E-state index is 12.2. The number of likely N-dealkylation sites (tertiary alicyclic amines) is 1. The van der Waals surface area contributed by atoms with Crippen molar-refractivity contribution in [3.8, 4) is 0 Å². The van der Waals surface area contributed by atoms with Crippen molar-refractivity contribution in [3.63, 3.8) is 0 Å². The average molecular weight is 270 g/mol. The van der Waals surface area contributed by atoms with Crippen LogP contribution in [0, 0.1) is 5.92 Å². The number of hydrogen-bond donors (Lipinski definition) is 2. The summed E-state index contributed by atoms with van der Waals surface area (Å²) >= 11 is 0. The summed E-state index contributed by atoms with van der Waals surface area (Å²) in [5, 5.41) is 12.1. The minimum atomic E-state index is -0.0548. The van der Waals surface area contributed by atoms with Crippen LogP contribution in [0.2, 0.25) is 0 Å². The Morgan fingerprint density at radius 3 is 2.84 bits per heavy atom. The Hall–Kier alpha value is -0.610. The number of aliphatic hydroxyl groups is 1. The number of amides is 1. The van der Waals surface area contributed by atoms with Gasteiger partial charge in [0.15, 0.2) is 0 Å². The van der Waals surface area contributed by atoms with Crippen LogP contribution >= 0.6 is 0 Å². The molecule has 0 saturated carbocycles. The van der Waals surface area contributed by atoms with E-state index in [4.69, 9.17) is 5.11 Å². The molecule has 1 fully saturated rings. The molecule has 4 nitrogen and oxygen atoms in total. The molecule has 0 spiro atoms. The van der Waals surface area contributed by atoms with Crippen molar-refractivity contribution < 1.29 is 9.90 Å². The Kier molecular flexibility index (Phi) is 7.39. The van der Waals surface area contributed by atoms with Gasteiger partial charge in [-0.1, -0.05) is 13.3 Å². The van der Waals surface area contributed by atoms with Crippen molar-refractivity contribution in [2.45, 2.75) is 65.0 Å². The van der Waals surface area contributed by atoms with Gasteiger partial charge in [0, 0.05) is 19.2 Å². The molecule has 0 aromatic carbocycles. The Labute approximate surface area is 117 Å². The maximum atomic E-state index is 12.2. The fourth-order valence-electron chi connectivity index (χ4n) is 2.90. The molecule has 19 heavy (non-hydrogen) atoms. The molecule has 3 atom stereocenters. The summed E-state index contributed by atoms with van der Waals surface area (Å²) in [6.07, 6.45) is 5.30. The summed E-state index contributed by atoms with van der Waals surface area (Å²) in [6, 6.07) is 0.207. The van der Waals surface area contributed by atoms with Gasteiger partial charge >= 0.3 is 0 Å². The molecule has 1 aliphatic heterocycles. The molecule has 1 amide bonds. The van der Waals surface area contributed by atoms with Crippen LogP contribution < -0.4 is 5.32 Å². The van der Waals surface area contributed by atoms with Crippen molar-refractivity contribution in [2.24, 2.45) is 5.92 Å². The molecule has 2 N–H and O–H groups in total. The molecule has 0 radical (unpaired) electrons. The minimum Gasteiger partial charge on any atom is -0.396 e. The number of aliphatic hydroxyl groups excluding tert-OH is 1. The summed E-state index contributed by atoms with van der Waals surface area (Å²) in [6.45, 7) is 8.40. The smallest absolute Gasteiger partial charge is 0.237 e. The fourth-order valence-corrected chi connectivity index (χ4v) is 2.90. The van der Waals surface area contributed by atoms with Gasteiger partial charge in [-0.05, 0) is 52.0 Å². The van der Waals surface area contributed by atoms with E-state index >= 15 is 0 Å². The van der Waals surface area contributed by atoms with Gasteiger partial charge in [-0.2, -0.15) is 0 Å². The zero-order valence-corrected chi connectivity index (χ0v) is 12.7. The lowest BCUT2D eigenvalue weighted by Gasteiger charge is -2.36. The molecule has 4 heteroatoms. The number of nitrogens with zero attached hydrogens (tertiary/aromatic N) is 1. The topological polar surface area (TPSA) is 52.6 Å². The minimum absolute atomic E-state index is 0.0548. The number of piperidine rings is 1. The molecule has 0 aromatic rings. The molecule has 1 heterocycles. The van der Waals surface area contributed by atoms with Crippen molar-refractivity contribution >= 4 is 5.91 Å². The lowest BCUT2D eigenvalue weighted by atomic mass is 9.94. The summed E-state index contributed by atoms with van der Waals surface area (Å²) in [7, 11) is 0. The van der Waals surface area contributed by atoms with Gasteiger partial charge in [0.2, 0.25) is 5.91 Å². The van der Waals surface area contributed by atoms with Crippen LogP contribution in [0.5, 0.6) is 0 Å². The zero-order chi connectivity index (χ0) is 14.3. The molecule has 0 aliphatic carbocycles. The average Bonchev–Trinajstić information content (AvgIpc) is 2.38. The van der Waals surface area contributed by atoms with Gasteiger partial charge in [-0.25, -0.2) is 0 Å². The van der Waals surface area contributed by atoms with Crippen LogP contribution in [-0.2, 0) is 4.79 Å². The SMILES string of the molecule is CCCC(C)NC(=O)C(C)N1CCCC(CCO)C1. The van der Waals surface area contributed by atoms with Crippen molar-refractivity contribution in [3.05, 3.63) is 0 Å². The van der Waals surface area contributed by atoms with E-state index in [-0.39, 0.29) is 24.6 Å². The summed E-state index contributed by atoms with van der Waals surface area (Å²) in [5.41, 5.74) is 0. The Morgan fingerprint density at radius 1 is 1.47 bits per heavy atom. The van der Waals surface area contributed by atoms with Gasteiger partial charge < -0.3 is 10.4 Å². The van der Waals surface area contributed by atoms with Gasteiger partial charge in [-0.15, -0.1) is 0 Å². The summed E-state index contributed by atoms with van der Waals surface area (Å²) in [5.74, 6) is 0.688. The van der Waals surface area contributed by atoms with Crippen LogP contribution in [0.4, 0.5) is 0 Å². The van der Waals surface area contributed by atoms with Crippen LogP contribution in [0.1, 0.15) is 52.9 Å². The quantitative estimate of drug-likeness (QED) is 0.741. The third kappa shape index (κ3) is 5.49. The van der Waals surface area contributed by atoms with E-state index in [1.807, 2.05) is 6.92 Å². The maximum Gasteiger partial charge on any atom is 0.237 e. The van der Waals surface area contributed by atoms with E-state index in [0.717, 1.165) is 38.8 Å². The molecular formula is C15H30N2O2. The lowest BCUT2D eigenvalue weighted by Crippen LogP contribution is -2.50. The summed E-state index contributed by atoms with van der Waals surface area (Å²) < 4.78 is 0. The van der Waals surface area contributed by atoms with E-state index in [2.05, 4.69) is 24.1 Å². The standard InChI is InChI=1S/C15H30N2O2/c1-4-6-12(2)16-15(19)13(3)17-9-5-7-14(11-17)8-10-18/h12-14,18H,4-11H2,1-3H3,(H,16,19). The first-order chi connectivity index (χ1) is 9.08. The van der Waals surface area contributed by atoms with Crippen LogP contribution in [0.3, 0.4) is 0 Å². The van der Waals surface area contributed by atoms with Crippen LogP contribution in [-0.4, -0.2) is 47.7 Å². The number of rotatable bonds is 7. The largest absolute Gasteiger partial charge is 0.396 e. The van der Waals surface area contributed by atoms with Gasteiger partial charge in [-0.3, -0.25) is 9.69 Å². The third-order valence-corrected chi connectivity index (χ3v) is 4.13. The van der Waals surface area contributed by atoms with Crippen LogP contribution in [0.15, 0.2) is 0 Å². The Morgan fingerprint density at radius 2 is 2.21 bits per heavy atom. The number of carbonyl (C=O) groups excluding carboxylic acids is 1. The van der Waals surface area contributed by atoms with E-state index < -0.39 is 0 Å². The second-order valence-electron chi connectivity index (χ2n) is 5.89. The van der Waals surface area contributed by atoms with Crippen molar-refractivity contribution in [1.82, 2.24) is 10.2 Å². The highest BCUT2D eigenvalue weighted by Gasteiger charge is 2.27. The van der Waals surface area contributed by atoms with E-state index in [0.29, 0.717) is 5.92 Å². The highest BCUT2D eigenvalue weighted by atomic mass is 16.3.